The molecule has 32 heavy (non-hydrogen) atoms. The molecule has 0 fully saturated rings. The van der Waals surface area contributed by atoms with Crippen LogP contribution in [-0.2, 0) is 30.7 Å². The van der Waals surface area contributed by atoms with Gasteiger partial charge in [0.15, 0.2) is 0 Å². The average Bonchev–Trinajstić information content (AvgIpc) is 3.07. The fourth-order valence-corrected chi connectivity index (χ4v) is 4.64. The van der Waals surface area contributed by atoms with E-state index in [9.17, 15) is 14.4 Å². The van der Waals surface area contributed by atoms with Crippen LogP contribution in [0.2, 0.25) is 0 Å². The summed E-state index contributed by atoms with van der Waals surface area (Å²) in [5.74, 6) is 0.350. The van der Waals surface area contributed by atoms with Gasteiger partial charge < -0.3 is 10.2 Å². The van der Waals surface area contributed by atoms with Crippen molar-refractivity contribution in [3.8, 4) is 0 Å². The Morgan fingerprint density at radius 2 is 1.81 bits per heavy atom. The fourth-order valence-electron chi connectivity index (χ4n) is 4.64. The van der Waals surface area contributed by atoms with Crippen molar-refractivity contribution in [2.45, 2.75) is 45.2 Å². The highest BCUT2D eigenvalue weighted by atomic mass is 16.2. The summed E-state index contributed by atoms with van der Waals surface area (Å²) in [7, 11) is 0. The number of nitrogens with zero attached hydrogens (tertiary/aromatic N) is 3. The van der Waals surface area contributed by atoms with Crippen LogP contribution in [0.5, 0.6) is 0 Å². The highest BCUT2D eigenvalue weighted by Crippen LogP contribution is 2.19. The van der Waals surface area contributed by atoms with Crippen LogP contribution >= 0.6 is 0 Å². The summed E-state index contributed by atoms with van der Waals surface area (Å²) in [6, 6.07) is 13.1. The van der Waals surface area contributed by atoms with E-state index in [0.717, 1.165) is 43.5 Å². The third kappa shape index (κ3) is 3.90. The fraction of sp³-hybridized carbons (Fsp3) is 0.360. The molecule has 0 saturated heterocycles. The average molecular weight is 431 g/mol. The van der Waals surface area contributed by atoms with Gasteiger partial charge in [-0.3, -0.25) is 19.0 Å². The number of hydrogen-bond acceptors (Lipinski definition) is 4. The van der Waals surface area contributed by atoms with E-state index < -0.39 is 0 Å². The molecule has 3 aromatic rings. The molecule has 0 radical (unpaired) electrons. The molecule has 5 rings (SSSR count). The van der Waals surface area contributed by atoms with Crippen molar-refractivity contribution in [3.63, 3.8) is 0 Å². The van der Waals surface area contributed by atoms with E-state index in [1.54, 1.807) is 27.7 Å². The zero-order valence-corrected chi connectivity index (χ0v) is 18.0. The van der Waals surface area contributed by atoms with E-state index >= 15 is 0 Å². The number of hydrogen-bond donors (Lipinski definition) is 1. The second-order valence-electron chi connectivity index (χ2n) is 8.54. The molecule has 0 bridgehead atoms. The molecule has 2 aliphatic heterocycles. The molecule has 0 spiro atoms. The molecule has 3 heterocycles. The van der Waals surface area contributed by atoms with Gasteiger partial charge in [0, 0.05) is 31.6 Å². The Morgan fingerprint density at radius 3 is 2.69 bits per heavy atom. The lowest BCUT2D eigenvalue weighted by molar-refractivity contribution is -0.131. The van der Waals surface area contributed by atoms with Gasteiger partial charge in [0.05, 0.1) is 17.4 Å². The number of rotatable bonds is 3. The Morgan fingerprint density at radius 1 is 0.969 bits per heavy atom. The molecular weight excluding hydrogens is 404 g/mol. The number of amides is 2. The Bertz CT molecular complexity index is 1260. The van der Waals surface area contributed by atoms with Gasteiger partial charge >= 0.3 is 0 Å². The quantitative estimate of drug-likeness (QED) is 0.692. The van der Waals surface area contributed by atoms with Crippen LogP contribution in [0.4, 0.5) is 0 Å². The van der Waals surface area contributed by atoms with Crippen molar-refractivity contribution in [1.82, 2.24) is 19.8 Å². The zero-order valence-electron chi connectivity index (χ0n) is 18.0. The molecule has 0 saturated carbocycles. The first-order valence-corrected chi connectivity index (χ1v) is 11.3. The maximum absolute atomic E-state index is 12.9. The second-order valence-corrected chi connectivity index (χ2v) is 8.54. The van der Waals surface area contributed by atoms with E-state index in [0.29, 0.717) is 36.1 Å². The molecule has 1 N–H and O–H groups in total. The lowest BCUT2D eigenvalue weighted by Crippen LogP contribution is -2.42. The summed E-state index contributed by atoms with van der Waals surface area (Å²) in [5.41, 5.74) is 3.33. The molecule has 0 atom stereocenters. The molecule has 0 unspecified atom stereocenters. The van der Waals surface area contributed by atoms with Crippen LogP contribution in [0.25, 0.3) is 10.9 Å². The number of aromatic nitrogens is 2. The topological polar surface area (TPSA) is 84.3 Å². The van der Waals surface area contributed by atoms with Gasteiger partial charge in [-0.15, -0.1) is 0 Å². The van der Waals surface area contributed by atoms with E-state index in [4.69, 9.17) is 0 Å². The summed E-state index contributed by atoms with van der Waals surface area (Å²) < 4.78 is 1.77. The number of carbonyl (C=O) groups is 2. The first kappa shape index (κ1) is 20.4. The minimum Gasteiger partial charge on any atom is -0.343 e. The van der Waals surface area contributed by atoms with Crippen LogP contribution in [0.15, 0.2) is 47.3 Å². The highest BCUT2D eigenvalue weighted by molar-refractivity contribution is 5.99. The third-order valence-corrected chi connectivity index (χ3v) is 6.46. The molecule has 1 aromatic heterocycles. The van der Waals surface area contributed by atoms with Gasteiger partial charge in [-0.05, 0) is 48.6 Å². The van der Waals surface area contributed by atoms with Crippen molar-refractivity contribution in [3.05, 3.63) is 75.3 Å². The SMILES string of the molecule is O=C(NCC(=O)N1CCc2ccccc2C1)c1ccc2c(=O)n3c(nc2c1)CCCCC3. The maximum Gasteiger partial charge on any atom is 0.261 e. The summed E-state index contributed by atoms with van der Waals surface area (Å²) >= 11 is 0. The smallest absolute Gasteiger partial charge is 0.261 e. The lowest BCUT2D eigenvalue weighted by atomic mass is 10.00. The van der Waals surface area contributed by atoms with Gasteiger partial charge in [-0.2, -0.15) is 0 Å². The predicted molar refractivity (Wildman–Crippen MR) is 121 cm³/mol. The summed E-state index contributed by atoms with van der Waals surface area (Å²) in [4.78, 5) is 44.7. The van der Waals surface area contributed by atoms with E-state index in [1.165, 1.54) is 5.56 Å². The van der Waals surface area contributed by atoms with Crippen molar-refractivity contribution in [2.24, 2.45) is 0 Å². The minimum atomic E-state index is -0.338. The van der Waals surface area contributed by atoms with Crippen molar-refractivity contribution < 1.29 is 9.59 Å². The summed E-state index contributed by atoms with van der Waals surface area (Å²) in [6.45, 7) is 1.86. The minimum absolute atomic E-state index is 0.0422. The molecule has 2 aliphatic rings. The Hall–Kier alpha value is -3.48. The van der Waals surface area contributed by atoms with Gasteiger partial charge in [0.2, 0.25) is 5.91 Å². The molecule has 2 amide bonds. The molecule has 164 valence electrons. The van der Waals surface area contributed by atoms with Crippen molar-refractivity contribution >= 4 is 22.7 Å². The van der Waals surface area contributed by atoms with Crippen LogP contribution < -0.4 is 10.9 Å². The standard InChI is InChI=1S/C25H26N4O3/c30-23(28-13-11-17-6-3-4-7-19(17)16-28)15-26-24(31)18-9-10-20-21(14-18)27-22-8-2-1-5-12-29(22)25(20)32/h3-4,6-7,9-10,14H,1-2,5,8,11-13,15-16H2,(H,26,31). The van der Waals surface area contributed by atoms with Gasteiger partial charge in [0.25, 0.3) is 11.5 Å². The predicted octanol–water partition coefficient (Wildman–Crippen LogP) is 2.44. The van der Waals surface area contributed by atoms with Crippen LogP contribution in [0.1, 0.15) is 46.6 Å². The molecule has 7 nitrogen and oxygen atoms in total. The normalized spacial score (nSPS) is 15.6. The van der Waals surface area contributed by atoms with Crippen LogP contribution in [0.3, 0.4) is 0 Å². The largest absolute Gasteiger partial charge is 0.343 e. The number of aryl methyl sites for hydroxylation is 1. The second kappa shape index (κ2) is 8.57. The first-order valence-electron chi connectivity index (χ1n) is 11.3. The van der Waals surface area contributed by atoms with Crippen molar-refractivity contribution in [1.29, 1.82) is 0 Å². The van der Waals surface area contributed by atoms with E-state index in [2.05, 4.69) is 16.4 Å². The molecule has 2 aromatic carbocycles. The Labute approximate surface area is 186 Å². The first-order chi connectivity index (χ1) is 15.6. The molecule has 0 aliphatic carbocycles. The monoisotopic (exact) mass is 430 g/mol. The molecular formula is C25H26N4O3. The number of carbonyl (C=O) groups excluding carboxylic acids is 2. The third-order valence-electron chi connectivity index (χ3n) is 6.46. The van der Waals surface area contributed by atoms with Crippen molar-refractivity contribution in [2.75, 3.05) is 13.1 Å². The number of fused-ring (bicyclic) bond motifs is 3. The zero-order chi connectivity index (χ0) is 22.1. The van der Waals surface area contributed by atoms with Gasteiger partial charge in [-0.25, -0.2) is 4.98 Å². The summed E-state index contributed by atoms with van der Waals surface area (Å²) in [6.07, 6.45) is 4.68. The van der Waals surface area contributed by atoms with E-state index in [1.807, 2.05) is 18.2 Å². The maximum atomic E-state index is 12.9. The van der Waals surface area contributed by atoms with Crippen LogP contribution in [0, 0.1) is 0 Å². The van der Waals surface area contributed by atoms with E-state index in [-0.39, 0.29) is 23.9 Å². The Balaban J connectivity index is 1.29. The Kier molecular flexibility index (Phi) is 5.47. The molecule has 7 heteroatoms. The number of nitrogens with one attached hydrogen (secondary N) is 1. The van der Waals surface area contributed by atoms with Gasteiger partial charge in [0.1, 0.15) is 5.82 Å². The number of benzene rings is 2. The van der Waals surface area contributed by atoms with Crippen LogP contribution in [-0.4, -0.2) is 39.4 Å². The lowest BCUT2D eigenvalue weighted by Gasteiger charge is -2.29. The summed E-state index contributed by atoms with van der Waals surface area (Å²) in [5, 5.41) is 3.25. The highest BCUT2D eigenvalue weighted by Gasteiger charge is 2.21. The van der Waals surface area contributed by atoms with Gasteiger partial charge in [-0.1, -0.05) is 30.7 Å².